The molecular formula is C29H38F3N3O2. The number of benzene rings is 2. The fourth-order valence-corrected chi connectivity index (χ4v) is 5.29. The van der Waals surface area contributed by atoms with Crippen LogP contribution in [0, 0.1) is 11.8 Å². The van der Waals surface area contributed by atoms with Crippen LogP contribution in [0.25, 0.3) is 0 Å². The number of rotatable bonds is 6. The van der Waals surface area contributed by atoms with Gasteiger partial charge < -0.3 is 10.5 Å². The molecule has 0 aromatic heterocycles. The number of alkyl halides is 3. The number of ether oxygens (including phenoxy) is 1. The largest absolute Gasteiger partial charge is 0.573 e. The zero-order valence-electron chi connectivity index (χ0n) is 21.7. The van der Waals surface area contributed by atoms with Crippen molar-refractivity contribution in [2.75, 3.05) is 5.01 Å². The van der Waals surface area contributed by atoms with Gasteiger partial charge in [0.15, 0.2) is 0 Å². The highest BCUT2D eigenvalue weighted by Gasteiger charge is 2.34. The number of carbonyl (C=O) groups is 1. The molecule has 1 aliphatic carbocycles. The molecule has 1 saturated carbocycles. The van der Waals surface area contributed by atoms with E-state index in [0.717, 1.165) is 36.9 Å². The van der Waals surface area contributed by atoms with Crippen molar-refractivity contribution in [2.45, 2.75) is 84.0 Å². The van der Waals surface area contributed by atoms with Gasteiger partial charge in [0.1, 0.15) is 5.75 Å². The van der Waals surface area contributed by atoms with Crippen molar-refractivity contribution < 1.29 is 22.7 Å². The average molecular weight is 518 g/mol. The van der Waals surface area contributed by atoms with Gasteiger partial charge in [0, 0.05) is 17.7 Å². The molecule has 0 bridgehead atoms. The molecule has 1 fully saturated rings. The van der Waals surface area contributed by atoms with Gasteiger partial charge in [-0.3, -0.25) is 9.80 Å². The summed E-state index contributed by atoms with van der Waals surface area (Å²) in [6.07, 6.45) is 7.35. The quantitative estimate of drug-likeness (QED) is 0.432. The van der Waals surface area contributed by atoms with Gasteiger partial charge in [-0.1, -0.05) is 58.1 Å². The van der Waals surface area contributed by atoms with Gasteiger partial charge in [0.2, 0.25) is 5.91 Å². The molecule has 2 atom stereocenters. The molecule has 2 unspecified atom stereocenters. The molecule has 1 aliphatic heterocycles. The van der Waals surface area contributed by atoms with Crippen LogP contribution >= 0.6 is 0 Å². The molecule has 2 aliphatic rings. The van der Waals surface area contributed by atoms with E-state index in [0.29, 0.717) is 11.5 Å². The minimum absolute atomic E-state index is 0.169. The van der Waals surface area contributed by atoms with E-state index in [2.05, 4.69) is 4.74 Å². The van der Waals surface area contributed by atoms with Crippen LogP contribution in [0.2, 0.25) is 0 Å². The van der Waals surface area contributed by atoms with Crippen molar-refractivity contribution in [3.05, 3.63) is 59.7 Å². The van der Waals surface area contributed by atoms with E-state index < -0.39 is 12.3 Å². The van der Waals surface area contributed by atoms with E-state index in [1.165, 1.54) is 44.2 Å². The highest BCUT2D eigenvalue weighted by molar-refractivity contribution is 5.92. The highest BCUT2D eigenvalue weighted by atomic mass is 19.4. The molecule has 4 rings (SSSR count). The number of hydrogen-bond donors (Lipinski definition) is 1. The number of hydrazone groups is 1. The number of nitrogens with two attached hydrogens (primary N) is 1. The molecule has 0 spiro atoms. The van der Waals surface area contributed by atoms with E-state index in [-0.39, 0.29) is 17.7 Å². The Morgan fingerprint density at radius 3 is 2.14 bits per heavy atom. The second kappa shape index (κ2) is 13.5. The molecule has 1 heterocycles. The molecule has 37 heavy (non-hydrogen) atoms. The fourth-order valence-electron chi connectivity index (χ4n) is 5.29. The van der Waals surface area contributed by atoms with Gasteiger partial charge in [-0.2, -0.15) is 5.10 Å². The number of carbonyl (C=O) groups excluding carboxylic acids is 1. The predicted molar refractivity (Wildman–Crippen MR) is 142 cm³/mol. The van der Waals surface area contributed by atoms with Crippen LogP contribution < -0.4 is 15.5 Å². The molecule has 2 aromatic rings. The standard InChI is InChI=1S/C27H32F3N3O2.C2H6/c28-27(29,30)35-24-14-12-23(13-15-24)33-25(21-6-4-2-1-3-5-7-21)17-20(18-32-33)16-19-8-10-22(11-9-19)26(31)34;1-2/h8-15,18,20-21,25H,1-7,16-17H2,(H2,31,34);1-2H3. The Labute approximate surface area is 217 Å². The lowest BCUT2D eigenvalue weighted by Crippen LogP contribution is -2.43. The summed E-state index contributed by atoms with van der Waals surface area (Å²) in [6.45, 7) is 4.00. The van der Waals surface area contributed by atoms with Gasteiger partial charge in [-0.05, 0) is 73.6 Å². The van der Waals surface area contributed by atoms with Crippen LogP contribution in [0.4, 0.5) is 18.9 Å². The SMILES string of the molecule is CC.NC(=O)c1ccc(CC2C=NN(c3ccc(OC(F)(F)F)cc3)C(C3CCCCCCC3)C2)cc1. The number of halogens is 3. The molecule has 2 aromatic carbocycles. The second-order valence-corrected chi connectivity index (χ2v) is 9.58. The Hall–Kier alpha value is -3.03. The maximum atomic E-state index is 12.6. The van der Waals surface area contributed by atoms with Crippen molar-refractivity contribution in [1.29, 1.82) is 0 Å². The zero-order chi connectivity index (χ0) is 26.8. The lowest BCUT2D eigenvalue weighted by molar-refractivity contribution is -0.274. The fraction of sp³-hybridized carbons (Fsp3) is 0.517. The molecular weight excluding hydrogens is 479 g/mol. The van der Waals surface area contributed by atoms with Crippen molar-refractivity contribution >= 4 is 17.8 Å². The minimum atomic E-state index is -4.71. The Bertz CT molecular complexity index is 999. The highest BCUT2D eigenvalue weighted by Crippen LogP contribution is 2.37. The maximum absolute atomic E-state index is 12.6. The number of hydrogen-bond acceptors (Lipinski definition) is 4. The summed E-state index contributed by atoms with van der Waals surface area (Å²) in [7, 11) is 0. The van der Waals surface area contributed by atoms with Crippen LogP contribution in [0.3, 0.4) is 0 Å². The normalized spacial score (nSPS) is 20.8. The second-order valence-electron chi connectivity index (χ2n) is 9.58. The summed E-state index contributed by atoms with van der Waals surface area (Å²) >= 11 is 0. The van der Waals surface area contributed by atoms with Gasteiger partial charge in [0.05, 0.1) is 11.7 Å². The molecule has 202 valence electrons. The third-order valence-electron chi connectivity index (χ3n) is 7.03. The molecule has 8 heteroatoms. The Morgan fingerprint density at radius 1 is 0.973 bits per heavy atom. The van der Waals surface area contributed by atoms with Gasteiger partial charge >= 0.3 is 6.36 Å². The van der Waals surface area contributed by atoms with Crippen molar-refractivity contribution in [2.24, 2.45) is 22.7 Å². The average Bonchev–Trinajstić information content (AvgIpc) is 2.85. The van der Waals surface area contributed by atoms with E-state index in [9.17, 15) is 18.0 Å². The van der Waals surface area contributed by atoms with Gasteiger partial charge in [-0.25, -0.2) is 0 Å². The third kappa shape index (κ3) is 8.51. The summed E-state index contributed by atoms with van der Waals surface area (Å²) < 4.78 is 41.8. The van der Waals surface area contributed by atoms with E-state index in [1.54, 1.807) is 24.3 Å². The topological polar surface area (TPSA) is 67.9 Å². The third-order valence-corrected chi connectivity index (χ3v) is 7.03. The molecule has 0 saturated heterocycles. The van der Waals surface area contributed by atoms with Gasteiger partial charge in [0.25, 0.3) is 0 Å². The van der Waals surface area contributed by atoms with Crippen molar-refractivity contribution in [1.82, 2.24) is 0 Å². The van der Waals surface area contributed by atoms with Crippen LogP contribution in [0.1, 0.15) is 81.1 Å². The Balaban J connectivity index is 0.00000186. The minimum Gasteiger partial charge on any atom is -0.406 e. The van der Waals surface area contributed by atoms with Crippen molar-refractivity contribution in [3.63, 3.8) is 0 Å². The van der Waals surface area contributed by atoms with E-state index >= 15 is 0 Å². The lowest BCUT2D eigenvalue weighted by Gasteiger charge is -2.40. The molecule has 0 radical (unpaired) electrons. The first-order chi connectivity index (χ1) is 17.8. The number of nitrogens with zero attached hydrogens (tertiary/aromatic N) is 2. The zero-order valence-corrected chi connectivity index (χ0v) is 21.7. The van der Waals surface area contributed by atoms with Crippen LogP contribution in [0.5, 0.6) is 5.75 Å². The van der Waals surface area contributed by atoms with Gasteiger partial charge in [-0.15, -0.1) is 13.2 Å². The maximum Gasteiger partial charge on any atom is 0.573 e. The van der Waals surface area contributed by atoms with Crippen LogP contribution in [-0.2, 0) is 6.42 Å². The number of amides is 1. The number of anilines is 1. The van der Waals surface area contributed by atoms with Crippen LogP contribution in [-0.4, -0.2) is 24.5 Å². The summed E-state index contributed by atoms with van der Waals surface area (Å²) in [5.74, 6) is 0.0250. The molecule has 2 N–H and O–H groups in total. The number of primary amides is 1. The van der Waals surface area contributed by atoms with Crippen LogP contribution in [0.15, 0.2) is 53.6 Å². The molecule has 1 amide bonds. The summed E-state index contributed by atoms with van der Waals surface area (Å²) in [5, 5.41) is 6.81. The van der Waals surface area contributed by atoms with E-state index in [1.807, 2.05) is 37.2 Å². The summed E-state index contributed by atoms with van der Waals surface area (Å²) in [4.78, 5) is 11.4. The Morgan fingerprint density at radius 2 is 1.57 bits per heavy atom. The molecule has 5 nitrogen and oxygen atoms in total. The first-order valence-electron chi connectivity index (χ1n) is 13.4. The van der Waals surface area contributed by atoms with E-state index in [4.69, 9.17) is 10.8 Å². The first kappa shape index (κ1) is 28.5. The van der Waals surface area contributed by atoms with Crippen molar-refractivity contribution in [3.8, 4) is 5.75 Å². The Kier molecular flexibility index (Phi) is 10.4. The monoisotopic (exact) mass is 517 g/mol. The summed E-state index contributed by atoms with van der Waals surface area (Å²) in [6, 6.07) is 13.5. The first-order valence-corrected chi connectivity index (χ1v) is 13.4. The lowest BCUT2D eigenvalue weighted by atomic mass is 9.80. The summed E-state index contributed by atoms with van der Waals surface area (Å²) in [5.41, 5.74) is 7.73. The smallest absolute Gasteiger partial charge is 0.406 e. The predicted octanol–water partition coefficient (Wildman–Crippen LogP) is 7.49.